The molecule has 0 atom stereocenters. The van der Waals surface area contributed by atoms with Gasteiger partial charge in [0, 0.05) is 23.6 Å². The molecule has 0 bridgehead atoms. The van der Waals surface area contributed by atoms with E-state index >= 15 is 0 Å². The van der Waals surface area contributed by atoms with Crippen LogP contribution in [0.25, 0.3) is 0 Å². The number of carbonyl (C=O) groups excluding carboxylic acids is 1. The van der Waals surface area contributed by atoms with Crippen LogP contribution in [0.5, 0.6) is 11.5 Å². The number of nitro benzene ring substituents is 1. The van der Waals surface area contributed by atoms with E-state index in [0.29, 0.717) is 11.3 Å². The van der Waals surface area contributed by atoms with Crippen molar-refractivity contribution in [1.29, 1.82) is 0 Å². The summed E-state index contributed by atoms with van der Waals surface area (Å²) in [6, 6.07) is 2.73. The fourth-order valence-corrected chi connectivity index (χ4v) is 1.60. The molecule has 0 saturated carbocycles. The van der Waals surface area contributed by atoms with Gasteiger partial charge in [-0.05, 0) is 6.07 Å². The lowest BCUT2D eigenvalue weighted by molar-refractivity contribution is -0.385. The number of hydrogen-bond donors (Lipinski definition) is 0. The highest BCUT2D eigenvalue weighted by Crippen LogP contribution is 2.34. The number of nitro groups is 1. The predicted molar refractivity (Wildman–Crippen MR) is 67.1 cm³/mol. The Morgan fingerprint density at radius 2 is 1.89 bits per heavy atom. The highest BCUT2D eigenvalue weighted by molar-refractivity contribution is 6.61. The Hall–Kier alpha value is -2.02. The van der Waals surface area contributed by atoms with Crippen LogP contribution in [0.2, 0.25) is 0 Å². The molecule has 0 radical (unpaired) electrons. The number of hydrogen-bond acceptors (Lipinski definition) is 6. The van der Waals surface area contributed by atoms with Gasteiger partial charge in [0.2, 0.25) is 0 Å². The Balaban J connectivity index is 3.05. The van der Waals surface area contributed by atoms with E-state index in [1.54, 1.807) is 0 Å². The molecule has 1 rings (SSSR count). The quantitative estimate of drug-likeness (QED) is 0.454. The smallest absolute Gasteiger partial charge is 0.403 e. The van der Waals surface area contributed by atoms with Gasteiger partial charge in [0.25, 0.3) is 5.69 Å². The van der Waals surface area contributed by atoms with E-state index in [1.807, 2.05) is 0 Å². The van der Waals surface area contributed by atoms with Gasteiger partial charge in [0.15, 0.2) is 11.5 Å². The number of methoxy groups -OCH3 is 2. The third kappa shape index (κ3) is 3.99. The zero-order valence-corrected chi connectivity index (χ0v) is 11.1. The SMILES string of the molecule is COc1cc(CCOC(=O)Cl)c([N+](=O)[O-])cc1OC. The number of ether oxygens (including phenoxy) is 3. The second kappa shape index (κ2) is 6.79. The van der Waals surface area contributed by atoms with E-state index in [0.717, 1.165) is 0 Å². The molecule has 0 fully saturated rings. The molecule has 104 valence electrons. The van der Waals surface area contributed by atoms with Crippen LogP contribution in [0, 0.1) is 10.1 Å². The summed E-state index contributed by atoms with van der Waals surface area (Å²) in [5.74, 6) is 0.618. The Bertz CT molecular complexity index is 490. The minimum absolute atomic E-state index is 0.0569. The number of nitrogens with zero attached hydrogens (tertiary/aromatic N) is 1. The zero-order valence-electron chi connectivity index (χ0n) is 10.3. The van der Waals surface area contributed by atoms with Crippen LogP contribution < -0.4 is 9.47 Å². The molecule has 0 amide bonds. The summed E-state index contributed by atoms with van der Waals surface area (Å²) in [6.07, 6.45) is 0.148. The van der Waals surface area contributed by atoms with Crippen molar-refractivity contribution in [3.05, 3.63) is 27.8 Å². The number of halogens is 1. The van der Waals surface area contributed by atoms with Gasteiger partial charge in [0.1, 0.15) is 0 Å². The summed E-state index contributed by atoms with van der Waals surface area (Å²) in [4.78, 5) is 20.9. The maximum absolute atomic E-state index is 11.0. The van der Waals surface area contributed by atoms with Crippen molar-refractivity contribution in [2.75, 3.05) is 20.8 Å². The predicted octanol–water partition coefficient (Wildman–Crippen LogP) is 2.53. The lowest BCUT2D eigenvalue weighted by atomic mass is 10.1. The van der Waals surface area contributed by atoms with Crippen LogP contribution in [-0.2, 0) is 11.2 Å². The highest BCUT2D eigenvalue weighted by Gasteiger charge is 2.19. The topological polar surface area (TPSA) is 87.9 Å². The molecule has 7 nitrogen and oxygen atoms in total. The van der Waals surface area contributed by atoms with Crippen LogP contribution in [0.15, 0.2) is 12.1 Å². The first kappa shape index (κ1) is 15.0. The van der Waals surface area contributed by atoms with Gasteiger partial charge in [-0.1, -0.05) is 0 Å². The average molecular weight is 290 g/mol. The first-order valence-corrected chi connectivity index (χ1v) is 5.59. The van der Waals surface area contributed by atoms with Crippen LogP contribution >= 0.6 is 11.6 Å². The van der Waals surface area contributed by atoms with E-state index in [9.17, 15) is 14.9 Å². The molecule has 8 heteroatoms. The van der Waals surface area contributed by atoms with Crippen molar-refractivity contribution in [2.45, 2.75) is 6.42 Å². The normalized spacial score (nSPS) is 9.84. The van der Waals surface area contributed by atoms with Crippen LogP contribution in [-0.4, -0.2) is 31.2 Å². The maximum Gasteiger partial charge on any atom is 0.403 e. The number of benzene rings is 1. The molecule has 0 aliphatic heterocycles. The average Bonchev–Trinajstić information content (AvgIpc) is 2.37. The van der Waals surface area contributed by atoms with Crippen molar-refractivity contribution in [3.8, 4) is 11.5 Å². The minimum atomic E-state index is -0.955. The second-order valence-electron chi connectivity index (χ2n) is 3.43. The fourth-order valence-electron chi connectivity index (χ4n) is 1.52. The van der Waals surface area contributed by atoms with Crippen molar-refractivity contribution in [3.63, 3.8) is 0 Å². The summed E-state index contributed by atoms with van der Waals surface area (Å²) in [5.41, 5.74) is -0.730. The van der Waals surface area contributed by atoms with Gasteiger partial charge >= 0.3 is 5.43 Å². The van der Waals surface area contributed by atoms with E-state index in [-0.39, 0.29) is 24.5 Å². The second-order valence-corrected chi connectivity index (χ2v) is 3.74. The molecule has 0 aliphatic rings. The molecule has 0 unspecified atom stereocenters. The Morgan fingerprint density at radius 1 is 1.32 bits per heavy atom. The van der Waals surface area contributed by atoms with Crippen molar-refractivity contribution in [2.24, 2.45) is 0 Å². The van der Waals surface area contributed by atoms with Gasteiger partial charge in [0.05, 0.1) is 31.8 Å². The van der Waals surface area contributed by atoms with E-state index in [1.165, 1.54) is 26.4 Å². The Kier molecular flexibility index (Phi) is 5.37. The Labute approximate surface area is 114 Å². The van der Waals surface area contributed by atoms with Crippen molar-refractivity contribution >= 4 is 22.7 Å². The molecule has 1 aromatic rings. The first-order valence-electron chi connectivity index (χ1n) is 5.21. The molecule has 0 aliphatic carbocycles. The van der Waals surface area contributed by atoms with E-state index in [2.05, 4.69) is 4.74 Å². The summed E-state index contributed by atoms with van der Waals surface area (Å²) in [5, 5.41) is 11.0. The number of carbonyl (C=O) groups is 1. The van der Waals surface area contributed by atoms with Gasteiger partial charge in [-0.15, -0.1) is 0 Å². The van der Waals surface area contributed by atoms with Gasteiger partial charge < -0.3 is 14.2 Å². The standard InChI is InChI=1S/C11H12ClNO6/c1-17-9-5-7(3-4-19-11(12)14)8(13(15)16)6-10(9)18-2/h5-6H,3-4H2,1-2H3. The summed E-state index contributed by atoms with van der Waals surface area (Å²) < 4.78 is 14.6. The van der Waals surface area contributed by atoms with Gasteiger partial charge in [-0.25, -0.2) is 4.79 Å². The van der Waals surface area contributed by atoms with Crippen LogP contribution in [0.1, 0.15) is 5.56 Å². The molecule has 1 aromatic carbocycles. The first-order chi connectivity index (χ1) is 8.99. The third-order valence-electron chi connectivity index (χ3n) is 2.37. The van der Waals surface area contributed by atoms with Gasteiger partial charge in [-0.2, -0.15) is 0 Å². The highest BCUT2D eigenvalue weighted by atomic mass is 35.5. The molecule has 0 aromatic heterocycles. The van der Waals surface area contributed by atoms with E-state index in [4.69, 9.17) is 21.1 Å². The third-order valence-corrected chi connectivity index (χ3v) is 2.48. The monoisotopic (exact) mass is 289 g/mol. The molecular weight excluding hydrogens is 278 g/mol. The van der Waals surface area contributed by atoms with Crippen LogP contribution in [0.3, 0.4) is 0 Å². The molecular formula is C11H12ClNO6. The zero-order chi connectivity index (χ0) is 14.4. The lowest BCUT2D eigenvalue weighted by Crippen LogP contribution is -2.04. The maximum atomic E-state index is 11.0. The molecule has 0 N–H and O–H groups in total. The lowest BCUT2D eigenvalue weighted by Gasteiger charge is -2.10. The largest absolute Gasteiger partial charge is 0.493 e. The van der Waals surface area contributed by atoms with E-state index < -0.39 is 10.4 Å². The van der Waals surface area contributed by atoms with Crippen molar-refractivity contribution in [1.82, 2.24) is 0 Å². The number of rotatable bonds is 6. The summed E-state index contributed by atoms with van der Waals surface area (Å²) >= 11 is 5.01. The van der Waals surface area contributed by atoms with Crippen molar-refractivity contribution < 1.29 is 23.9 Å². The molecule has 0 saturated heterocycles. The van der Waals surface area contributed by atoms with Crippen LogP contribution in [0.4, 0.5) is 10.5 Å². The molecule has 0 spiro atoms. The Morgan fingerprint density at radius 3 is 2.37 bits per heavy atom. The summed E-state index contributed by atoms with van der Waals surface area (Å²) in [7, 11) is 2.81. The minimum Gasteiger partial charge on any atom is -0.493 e. The fraction of sp³-hybridized carbons (Fsp3) is 0.364. The summed E-state index contributed by atoms with van der Waals surface area (Å²) in [6.45, 7) is -0.0569. The van der Waals surface area contributed by atoms with Gasteiger partial charge in [-0.3, -0.25) is 10.1 Å². The molecule has 0 heterocycles. The molecule has 19 heavy (non-hydrogen) atoms.